The number of methoxy groups -OCH3 is 2. The maximum absolute atomic E-state index is 5.28. The molecule has 1 saturated carbocycles. The van der Waals surface area contributed by atoms with Crippen LogP contribution in [0.5, 0.6) is 11.5 Å². The van der Waals surface area contributed by atoms with Crippen LogP contribution in [-0.2, 0) is 0 Å². The first kappa shape index (κ1) is 10.8. The van der Waals surface area contributed by atoms with Crippen LogP contribution in [-0.4, -0.2) is 14.2 Å². The molecule has 1 atom stereocenters. The van der Waals surface area contributed by atoms with Gasteiger partial charge >= 0.3 is 0 Å². The number of alkyl halides is 1. The summed E-state index contributed by atoms with van der Waals surface area (Å²) in [6.07, 6.45) is 2.65. The maximum atomic E-state index is 5.28. The van der Waals surface area contributed by atoms with E-state index in [0.717, 1.165) is 17.4 Å². The summed E-state index contributed by atoms with van der Waals surface area (Å²) in [4.78, 5) is 0.456. The second kappa shape index (κ2) is 4.44. The molecular weight excluding hydrogens is 256 g/mol. The molecule has 82 valence electrons. The Morgan fingerprint density at radius 1 is 1.20 bits per heavy atom. The third kappa shape index (κ3) is 2.28. The van der Waals surface area contributed by atoms with Crippen molar-refractivity contribution in [3.63, 3.8) is 0 Å². The standard InChI is InChI=1S/C12H15BrO2/c1-14-10-6-5-9(7-11(10)15-2)12(13)8-3-4-8/h5-8,12H,3-4H2,1-2H3. The van der Waals surface area contributed by atoms with E-state index in [4.69, 9.17) is 9.47 Å². The van der Waals surface area contributed by atoms with Crippen LogP contribution in [0.2, 0.25) is 0 Å². The molecule has 0 aliphatic heterocycles. The van der Waals surface area contributed by atoms with Crippen LogP contribution in [0.1, 0.15) is 23.2 Å². The van der Waals surface area contributed by atoms with Gasteiger partial charge in [0, 0.05) is 4.83 Å². The van der Waals surface area contributed by atoms with Gasteiger partial charge in [-0.3, -0.25) is 0 Å². The molecule has 1 unspecified atom stereocenters. The van der Waals surface area contributed by atoms with E-state index >= 15 is 0 Å². The number of rotatable bonds is 4. The molecule has 2 nitrogen and oxygen atoms in total. The second-order valence-electron chi connectivity index (χ2n) is 3.85. The molecule has 1 aromatic rings. The van der Waals surface area contributed by atoms with E-state index in [1.807, 2.05) is 6.07 Å². The first-order chi connectivity index (χ1) is 7.26. The lowest BCUT2D eigenvalue weighted by molar-refractivity contribution is 0.354. The fourth-order valence-electron chi connectivity index (χ4n) is 1.69. The van der Waals surface area contributed by atoms with E-state index < -0.39 is 0 Å². The Bertz CT molecular complexity index is 347. The van der Waals surface area contributed by atoms with Crippen molar-refractivity contribution in [3.05, 3.63) is 23.8 Å². The molecule has 0 spiro atoms. The SMILES string of the molecule is COc1ccc(C(Br)C2CC2)cc1OC. The normalized spacial score (nSPS) is 17.3. The van der Waals surface area contributed by atoms with Crippen LogP contribution in [0.15, 0.2) is 18.2 Å². The molecule has 0 bridgehead atoms. The lowest BCUT2D eigenvalue weighted by Gasteiger charge is -2.12. The molecule has 0 aromatic heterocycles. The highest BCUT2D eigenvalue weighted by molar-refractivity contribution is 9.09. The molecule has 1 aromatic carbocycles. The summed E-state index contributed by atoms with van der Waals surface area (Å²) < 4.78 is 10.5. The fourth-order valence-corrected chi connectivity index (χ4v) is 2.50. The van der Waals surface area contributed by atoms with Gasteiger partial charge in [0.25, 0.3) is 0 Å². The van der Waals surface area contributed by atoms with Crippen LogP contribution in [0.4, 0.5) is 0 Å². The van der Waals surface area contributed by atoms with Gasteiger partial charge in [0.2, 0.25) is 0 Å². The second-order valence-corrected chi connectivity index (χ2v) is 4.84. The van der Waals surface area contributed by atoms with Gasteiger partial charge in [0.05, 0.1) is 14.2 Å². The molecule has 0 radical (unpaired) electrons. The van der Waals surface area contributed by atoms with E-state index in [1.165, 1.54) is 18.4 Å². The van der Waals surface area contributed by atoms with E-state index in [1.54, 1.807) is 14.2 Å². The molecule has 1 fully saturated rings. The number of ether oxygens (including phenoxy) is 2. The third-order valence-corrected chi connectivity index (χ3v) is 4.04. The summed E-state index contributed by atoms with van der Waals surface area (Å²) in [5.74, 6) is 2.39. The molecule has 1 aliphatic carbocycles. The van der Waals surface area contributed by atoms with E-state index in [2.05, 4.69) is 28.1 Å². The number of hydrogen-bond donors (Lipinski definition) is 0. The van der Waals surface area contributed by atoms with Gasteiger partial charge in [-0.15, -0.1) is 0 Å². The van der Waals surface area contributed by atoms with Gasteiger partial charge in [-0.05, 0) is 36.5 Å². The summed E-state index contributed by atoms with van der Waals surface area (Å²) in [7, 11) is 3.33. The molecule has 0 amide bonds. The minimum Gasteiger partial charge on any atom is -0.493 e. The van der Waals surface area contributed by atoms with Crippen molar-refractivity contribution in [3.8, 4) is 11.5 Å². The summed E-state index contributed by atoms with van der Waals surface area (Å²) in [5, 5.41) is 0. The van der Waals surface area contributed by atoms with Crippen molar-refractivity contribution in [2.45, 2.75) is 17.7 Å². The predicted molar refractivity (Wildman–Crippen MR) is 63.9 cm³/mol. The minimum atomic E-state index is 0.456. The molecule has 0 N–H and O–H groups in total. The van der Waals surface area contributed by atoms with Crippen LogP contribution >= 0.6 is 15.9 Å². The number of benzene rings is 1. The molecule has 3 heteroatoms. The monoisotopic (exact) mass is 270 g/mol. The van der Waals surface area contributed by atoms with Crippen molar-refractivity contribution in [1.29, 1.82) is 0 Å². The number of hydrogen-bond acceptors (Lipinski definition) is 2. The van der Waals surface area contributed by atoms with Crippen molar-refractivity contribution in [2.75, 3.05) is 14.2 Å². The maximum Gasteiger partial charge on any atom is 0.161 e. The van der Waals surface area contributed by atoms with Crippen molar-refractivity contribution >= 4 is 15.9 Å². The average molecular weight is 271 g/mol. The van der Waals surface area contributed by atoms with Gasteiger partial charge in [0.15, 0.2) is 11.5 Å². The van der Waals surface area contributed by atoms with Crippen molar-refractivity contribution < 1.29 is 9.47 Å². The van der Waals surface area contributed by atoms with Gasteiger partial charge in [-0.2, -0.15) is 0 Å². The molecule has 0 saturated heterocycles. The summed E-state index contributed by atoms with van der Waals surface area (Å²) >= 11 is 3.73. The van der Waals surface area contributed by atoms with Gasteiger partial charge < -0.3 is 9.47 Å². The topological polar surface area (TPSA) is 18.5 Å². The zero-order chi connectivity index (χ0) is 10.8. The van der Waals surface area contributed by atoms with E-state index in [0.29, 0.717) is 4.83 Å². The van der Waals surface area contributed by atoms with Gasteiger partial charge in [-0.25, -0.2) is 0 Å². The molecule has 2 rings (SSSR count). The van der Waals surface area contributed by atoms with E-state index in [9.17, 15) is 0 Å². The van der Waals surface area contributed by atoms with Crippen LogP contribution in [0.3, 0.4) is 0 Å². The quantitative estimate of drug-likeness (QED) is 0.780. The summed E-state index contributed by atoms with van der Waals surface area (Å²) in [5.41, 5.74) is 1.27. The highest BCUT2D eigenvalue weighted by Crippen LogP contribution is 2.47. The van der Waals surface area contributed by atoms with Crippen LogP contribution in [0, 0.1) is 5.92 Å². The highest BCUT2D eigenvalue weighted by atomic mass is 79.9. The lowest BCUT2D eigenvalue weighted by Crippen LogP contribution is -1.95. The van der Waals surface area contributed by atoms with E-state index in [-0.39, 0.29) is 0 Å². The van der Waals surface area contributed by atoms with Crippen molar-refractivity contribution in [1.82, 2.24) is 0 Å². The van der Waals surface area contributed by atoms with Gasteiger partial charge in [0.1, 0.15) is 0 Å². The Morgan fingerprint density at radius 3 is 2.40 bits per heavy atom. The zero-order valence-electron chi connectivity index (χ0n) is 9.00. The zero-order valence-corrected chi connectivity index (χ0v) is 10.6. The highest BCUT2D eigenvalue weighted by Gasteiger charge is 2.30. The average Bonchev–Trinajstić information content (AvgIpc) is 3.11. The lowest BCUT2D eigenvalue weighted by atomic mass is 10.1. The minimum absolute atomic E-state index is 0.456. The smallest absolute Gasteiger partial charge is 0.161 e. The Kier molecular flexibility index (Phi) is 3.19. The Balaban J connectivity index is 2.25. The molecule has 1 aliphatic rings. The van der Waals surface area contributed by atoms with Crippen LogP contribution < -0.4 is 9.47 Å². The van der Waals surface area contributed by atoms with Crippen molar-refractivity contribution in [2.24, 2.45) is 5.92 Å². The largest absolute Gasteiger partial charge is 0.493 e. The predicted octanol–water partition coefficient (Wildman–Crippen LogP) is 3.55. The summed E-state index contributed by atoms with van der Waals surface area (Å²) in [6, 6.07) is 6.11. The Labute approximate surface area is 98.7 Å². The Morgan fingerprint density at radius 2 is 1.87 bits per heavy atom. The first-order valence-corrected chi connectivity index (χ1v) is 6.04. The molecule has 15 heavy (non-hydrogen) atoms. The summed E-state index contributed by atoms with van der Waals surface area (Å²) in [6.45, 7) is 0. The van der Waals surface area contributed by atoms with Crippen LogP contribution in [0.25, 0.3) is 0 Å². The molecule has 0 heterocycles. The fraction of sp³-hybridized carbons (Fsp3) is 0.500. The Hall–Kier alpha value is -0.700. The number of halogens is 1. The first-order valence-electron chi connectivity index (χ1n) is 5.12. The molecular formula is C12H15BrO2. The third-order valence-electron chi connectivity index (χ3n) is 2.76. The van der Waals surface area contributed by atoms with Gasteiger partial charge in [-0.1, -0.05) is 22.0 Å².